The van der Waals surface area contributed by atoms with E-state index in [4.69, 9.17) is 4.74 Å². The zero-order chi connectivity index (χ0) is 17.5. The summed E-state index contributed by atoms with van der Waals surface area (Å²) in [5, 5.41) is 4.66. The maximum atomic E-state index is 12.5. The fraction of sp³-hybridized carbons (Fsp3) is 0.263. The maximum Gasteiger partial charge on any atom is 0.267 e. The molecule has 0 radical (unpaired) electrons. The lowest BCUT2D eigenvalue weighted by Gasteiger charge is -2.27. The second-order valence-corrected chi connectivity index (χ2v) is 5.80. The highest BCUT2D eigenvalue weighted by atomic mass is 16.5. The highest BCUT2D eigenvalue weighted by molar-refractivity contribution is 6.03. The number of morpholine rings is 1. The first kappa shape index (κ1) is 17.1. The molecule has 1 aliphatic heterocycles. The zero-order valence-electron chi connectivity index (χ0n) is 13.9. The molecule has 0 bridgehead atoms. The Bertz CT molecular complexity index is 728. The molecule has 0 saturated carbocycles. The highest BCUT2D eigenvalue weighted by Gasteiger charge is 2.17. The van der Waals surface area contributed by atoms with Gasteiger partial charge in [-0.05, 0) is 17.7 Å². The third-order valence-electron chi connectivity index (χ3n) is 3.92. The second kappa shape index (κ2) is 8.41. The Kier molecular flexibility index (Phi) is 5.77. The lowest BCUT2D eigenvalue weighted by Crippen LogP contribution is -2.48. The maximum absolute atomic E-state index is 12.5. The number of carbonyl (C=O) groups is 2. The summed E-state index contributed by atoms with van der Waals surface area (Å²) in [6.45, 7) is 2.48. The highest BCUT2D eigenvalue weighted by Crippen LogP contribution is 2.16. The van der Waals surface area contributed by atoms with Crippen molar-refractivity contribution in [1.29, 1.82) is 0 Å². The van der Waals surface area contributed by atoms with Crippen LogP contribution in [0, 0.1) is 0 Å². The van der Waals surface area contributed by atoms with E-state index in [0.29, 0.717) is 37.6 Å². The van der Waals surface area contributed by atoms with Gasteiger partial charge in [-0.2, -0.15) is 0 Å². The number of para-hydroxylation sites is 1. The van der Waals surface area contributed by atoms with Gasteiger partial charge in [0.1, 0.15) is 0 Å². The third kappa shape index (κ3) is 4.89. The van der Waals surface area contributed by atoms with Gasteiger partial charge in [0.25, 0.3) is 5.91 Å². The van der Waals surface area contributed by atoms with Crippen molar-refractivity contribution in [3.63, 3.8) is 0 Å². The number of rotatable bonds is 5. The molecule has 6 nitrogen and oxygen atoms in total. The summed E-state index contributed by atoms with van der Waals surface area (Å²) in [7, 11) is 0. The Balaban J connectivity index is 1.65. The van der Waals surface area contributed by atoms with E-state index in [0.717, 1.165) is 5.56 Å². The Morgan fingerprint density at radius 3 is 2.40 bits per heavy atom. The molecule has 0 aliphatic carbocycles. The summed E-state index contributed by atoms with van der Waals surface area (Å²) in [5.74, 6) is -0.393. The van der Waals surface area contributed by atoms with Crippen molar-refractivity contribution in [3.05, 3.63) is 65.7 Å². The minimum Gasteiger partial charge on any atom is -0.379 e. The number of anilines is 1. The van der Waals surface area contributed by atoms with Gasteiger partial charge in [0.05, 0.1) is 30.9 Å². The number of nitrogens with one attached hydrogen (secondary N) is 2. The van der Waals surface area contributed by atoms with Gasteiger partial charge >= 0.3 is 0 Å². The first-order valence-electron chi connectivity index (χ1n) is 8.29. The summed E-state index contributed by atoms with van der Waals surface area (Å²) >= 11 is 0. The Morgan fingerprint density at radius 2 is 1.64 bits per heavy atom. The molecule has 2 aromatic carbocycles. The molecule has 130 valence electrons. The molecule has 6 heteroatoms. The van der Waals surface area contributed by atoms with Crippen LogP contribution in [0.3, 0.4) is 0 Å². The van der Waals surface area contributed by atoms with Crippen LogP contribution in [-0.4, -0.2) is 43.1 Å². The van der Waals surface area contributed by atoms with Crippen LogP contribution < -0.4 is 10.7 Å². The van der Waals surface area contributed by atoms with Crippen molar-refractivity contribution in [2.75, 3.05) is 31.6 Å². The van der Waals surface area contributed by atoms with Crippen LogP contribution in [0.25, 0.3) is 0 Å². The zero-order valence-corrected chi connectivity index (χ0v) is 13.9. The number of nitrogens with zero attached hydrogens (tertiary/aromatic N) is 1. The van der Waals surface area contributed by atoms with Gasteiger partial charge in [-0.25, -0.2) is 5.01 Å². The van der Waals surface area contributed by atoms with Crippen LogP contribution >= 0.6 is 0 Å². The van der Waals surface area contributed by atoms with Crippen molar-refractivity contribution in [3.8, 4) is 0 Å². The summed E-state index contributed by atoms with van der Waals surface area (Å²) in [4.78, 5) is 24.8. The van der Waals surface area contributed by atoms with Gasteiger partial charge in [-0.1, -0.05) is 42.5 Å². The van der Waals surface area contributed by atoms with Gasteiger partial charge in [-0.3, -0.25) is 15.0 Å². The summed E-state index contributed by atoms with van der Waals surface area (Å²) < 4.78 is 5.27. The first-order chi connectivity index (χ1) is 12.2. The van der Waals surface area contributed by atoms with Crippen molar-refractivity contribution in [1.82, 2.24) is 10.4 Å². The largest absolute Gasteiger partial charge is 0.379 e. The molecule has 2 aromatic rings. The first-order valence-corrected chi connectivity index (χ1v) is 8.29. The number of amides is 2. The Morgan fingerprint density at radius 1 is 0.960 bits per heavy atom. The molecule has 0 aromatic heterocycles. The lowest BCUT2D eigenvalue weighted by atomic mass is 10.1. The molecular formula is C19H21N3O3. The van der Waals surface area contributed by atoms with Crippen LogP contribution in [0.2, 0.25) is 0 Å². The molecule has 3 rings (SSSR count). The van der Waals surface area contributed by atoms with Crippen molar-refractivity contribution in [2.24, 2.45) is 0 Å². The van der Waals surface area contributed by atoms with E-state index < -0.39 is 0 Å². The standard InChI is InChI=1S/C19H21N3O3/c23-18(14-15-6-2-1-3-7-15)20-17-9-5-4-8-16(17)19(24)21-22-10-12-25-13-11-22/h1-9H,10-14H2,(H,20,23)(H,21,24). The van der Waals surface area contributed by atoms with Gasteiger partial charge in [0.15, 0.2) is 0 Å². The molecule has 0 unspecified atom stereocenters. The smallest absolute Gasteiger partial charge is 0.267 e. The normalized spacial score (nSPS) is 14.7. The molecular weight excluding hydrogens is 318 g/mol. The van der Waals surface area contributed by atoms with Crippen LogP contribution in [0.15, 0.2) is 54.6 Å². The van der Waals surface area contributed by atoms with Crippen LogP contribution in [0.4, 0.5) is 5.69 Å². The number of hydrogen-bond acceptors (Lipinski definition) is 4. The quantitative estimate of drug-likeness (QED) is 0.872. The van der Waals surface area contributed by atoms with E-state index in [-0.39, 0.29) is 18.2 Å². The SMILES string of the molecule is O=C(Cc1ccccc1)Nc1ccccc1C(=O)NN1CCOCC1. The molecule has 1 heterocycles. The van der Waals surface area contributed by atoms with Crippen LogP contribution in [-0.2, 0) is 16.0 Å². The fourth-order valence-corrected chi connectivity index (χ4v) is 2.64. The topological polar surface area (TPSA) is 70.7 Å². The number of ether oxygens (including phenoxy) is 1. The average molecular weight is 339 g/mol. The van der Waals surface area contributed by atoms with Gasteiger partial charge in [0.2, 0.25) is 5.91 Å². The molecule has 1 aliphatic rings. The molecule has 0 spiro atoms. The van der Waals surface area contributed by atoms with E-state index in [1.165, 1.54) is 0 Å². The number of hydrogen-bond donors (Lipinski definition) is 2. The molecule has 2 N–H and O–H groups in total. The Hall–Kier alpha value is -2.70. The van der Waals surface area contributed by atoms with Crippen LogP contribution in [0.5, 0.6) is 0 Å². The van der Waals surface area contributed by atoms with E-state index in [9.17, 15) is 9.59 Å². The molecule has 1 saturated heterocycles. The minimum absolute atomic E-state index is 0.155. The van der Waals surface area contributed by atoms with Gasteiger partial charge in [0, 0.05) is 13.1 Å². The molecule has 2 amide bonds. The minimum atomic E-state index is -0.238. The molecule has 1 fully saturated rings. The summed E-state index contributed by atoms with van der Waals surface area (Å²) in [6.07, 6.45) is 0.264. The molecule has 0 atom stereocenters. The van der Waals surface area contributed by atoms with Gasteiger partial charge < -0.3 is 10.1 Å². The van der Waals surface area contributed by atoms with E-state index in [1.807, 2.05) is 35.3 Å². The van der Waals surface area contributed by atoms with Crippen molar-refractivity contribution in [2.45, 2.75) is 6.42 Å². The average Bonchev–Trinajstić information content (AvgIpc) is 2.63. The van der Waals surface area contributed by atoms with E-state index >= 15 is 0 Å². The van der Waals surface area contributed by atoms with Crippen molar-refractivity contribution >= 4 is 17.5 Å². The number of benzene rings is 2. The third-order valence-corrected chi connectivity index (χ3v) is 3.92. The number of carbonyl (C=O) groups excluding carboxylic acids is 2. The second-order valence-electron chi connectivity index (χ2n) is 5.80. The number of hydrazine groups is 1. The summed E-state index contributed by atoms with van der Waals surface area (Å²) in [5.41, 5.74) is 4.74. The van der Waals surface area contributed by atoms with Crippen LogP contribution in [0.1, 0.15) is 15.9 Å². The predicted molar refractivity (Wildman–Crippen MR) is 95.1 cm³/mol. The fourth-order valence-electron chi connectivity index (χ4n) is 2.64. The summed E-state index contributed by atoms with van der Waals surface area (Å²) in [6, 6.07) is 16.5. The van der Waals surface area contributed by atoms with Gasteiger partial charge in [-0.15, -0.1) is 0 Å². The molecule has 25 heavy (non-hydrogen) atoms. The predicted octanol–water partition coefficient (Wildman–Crippen LogP) is 1.84. The van der Waals surface area contributed by atoms with E-state index in [1.54, 1.807) is 24.3 Å². The van der Waals surface area contributed by atoms with E-state index in [2.05, 4.69) is 10.7 Å². The monoisotopic (exact) mass is 339 g/mol. The van der Waals surface area contributed by atoms with Crippen molar-refractivity contribution < 1.29 is 14.3 Å². The lowest BCUT2D eigenvalue weighted by molar-refractivity contribution is -0.115. The Labute approximate surface area is 146 Å².